The van der Waals surface area contributed by atoms with Gasteiger partial charge in [0.05, 0.1) is 6.04 Å². The molecular weight excluding hydrogens is 280 g/mol. The van der Waals surface area contributed by atoms with Gasteiger partial charge in [-0.05, 0) is 48.8 Å². The highest BCUT2D eigenvalue weighted by Gasteiger charge is 2.25. The standard InChI is InChI=1S/C17H20N2OS/c1-11-5-7-12(8-6-11)16(18)17(20)19-14-3-2-4-15-13(14)9-10-21-15/h5-10,14,16H,2-4,18H2,1H3,(H,19,20). The molecule has 1 aromatic heterocycles. The highest BCUT2D eigenvalue weighted by atomic mass is 32.1. The highest BCUT2D eigenvalue weighted by molar-refractivity contribution is 7.10. The molecule has 1 aromatic carbocycles. The predicted octanol–water partition coefficient (Wildman–Crippen LogP) is 3.25. The Bertz CT molecular complexity index is 632. The SMILES string of the molecule is Cc1ccc(C(N)C(=O)NC2CCCc3sccc32)cc1. The zero-order valence-electron chi connectivity index (χ0n) is 12.1. The molecule has 2 atom stereocenters. The average molecular weight is 300 g/mol. The fourth-order valence-corrected chi connectivity index (χ4v) is 3.81. The molecule has 0 bridgehead atoms. The fourth-order valence-electron chi connectivity index (χ4n) is 2.82. The van der Waals surface area contributed by atoms with Gasteiger partial charge >= 0.3 is 0 Å². The van der Waals surface area contributed by atoms with Gasteiger partial charge in [-0.25, -0.2) is 0 Å². The van der Waals surface area contributed by atoms with Crippen molar-refractivity contribution >= 4 is 17.2 Å². The zero-order chi connectivity index (χ0) is 14.8. The lowest BCUT2D eigenvalue weighted by molar-refractivity contribution is -0.123. The molecule has 21 heavy (non-hydrogen) atoms. The Balaban J connectivity index is 1.71. The number of carbonyl (C=O) groups is 1. The number of amides is 1. The molecule has 1 amide bonds. The van der Waals surface area contributed by atoms with Crippen LogP contribution in [0.25, 0.3) is 0 Å². The van der Waals surface area contributed by atoms with Gasteiger partial charge in [0.15, 0.2) is 0 Å². The van der Waals surface area contributed by atoms with Gasteiger partial charge in [-0.2, -0.15) is 0 Å². The van der Waals surface area contributed by atoms with Crippen LogP contribution in [-0.4, -0.2) is 5.91 Å². The lowest BCUT2D eigenvalue weighted by Gasteiger charge is -2.25. The van der Waals surface area contributed by atoms with Crippen LogP contribution in [0.2, 0.25) is 0 Å². The number of aryl methyl sites for hydroxylation is 2. The van der Waals surface area contributed by atoms with E-state index in [0.29, 0.717) is 0 Å². The number of carbonyl (C=O) groups excluding carboxylic acids is 1. The molecule has 110 valence electrons. The Morgan fingerprint density at radius 2 is 2.10 bits per heavy atom. The molecule has 3 nitrogen and oxygen atoms in total. The molecule has 3 rings (SSSR count). The van der Waals surface area contributed by atoms with Crippen molar-refractivity contribution in [2.24, 2.45) is 5.73 Å². The van der Waals surface area contributed by atoms with E-state index in [1.165, 1.54) is 16.0 Å². The second kappa shape index (κ2) is 6.00. The number of hydrogen-bond donors (Lipinski definition) is 2. The van der Waals surface area contributed by atoms with Crippen molar-refractivity contribution in [3.63, 3.8) is 0 Å². The van der Waals surface area contributed by atoms with Crippen LogP contribution in [0.15, 0.2) is 35.7 Å². The highest BCUT2D eigenvalue weighted by Crippen LogP contribution is 2.33. The summed E-state index contributed by atoms with van der Waals surface area (Å²) in [6.45, 7) is 2.02. The predicted molar refractivity (Wildman–Crippen MR) is 86.2 cm³/mol. The summed E-state index contributed by atoms with van der Waals surface area (Å²) in [5.74, 6) is -0.0945. The second-order valence-corrected chi connectivity index (χ2v) is 6.64. The van der Waals surface area contributed by atoms with Crippen molar-refractivity contribution in [1.82, 2.24) is 5.32 Å². The van der Waals surface area contributed by atoms with Crippen LogP contribution < -0.4 is 11.1 Å². The van der Waals surface area contributed by atoms with Gasteiger partial charge in [0.1, 0.15) is 6.04 Å². The van der Waals surface area contributed by atoms with Crippen LogP contribution in [-0.2, 0) is 11.2 Å². The zero-order valence-corrected chi connectivity index (χ0v) is 13.0. The molecule has 0 saturated carbocycles. The Hall–Kier alpha value is -1.65. The van der Waals surface area contributed by atoms with E-state index in [-0.39, 0.29) is 11.9 Å². The number of nitrogens with two attached hydrogens (primary N) is 1. The first-order valence-corrected chi connectivity index (χ1v) is 8.22. The van der Waals surface area contributed by atoms with Gasteiger partial charge in [-0.15, -0.1) is 11.3 Å². The third kappa shape index (κ3) is 3.01. The maximum absolute atomic E-state index is 12.4. The molecule has 1 aliphatic rings. The van der Waals surface area contributed by atoms with Crippen molar-refractivity contribution in [1.29, 1.82) is 0 Å². The topological polar surface area (TPSA) is 55.1 Å². The number of fused-ring (bicyclic) bond motifs is 1. The Kier molecular flexibility index (Phi) is 4.08. The third-order valence-corrected chi connectivity index (χ3v) is 5.08. The largest absolute Gasteiger partial charge is 0.348 e. The Morgan fingerprint density at radius 1 is 1.33 bits per heavy atom. The number of benzene rings is 1. The van der Waals surface area contributed by atoms with Gasteiger partial charge in [-0.3, -0.25) is 4.79 Å². The number of rotatable bonds is 3. The summed E-state index contributed by atoms with van der Waals surface area (Å²) in [6.07, 6.45) is 3.25. The van der Waals surface area contributed by atoms with E-state index in [1.807, 2.05) is 31.2 Å². The van der Waals surface area contributed by atoms with Gasteiger partial charge in [-0.1, -0.05) is 29.8 Å². The maximum atomic E-state index is 12.4. The normalized spacial score (nSPS) is 18.9. The maximum Gasteiger partial charge on any atom is 0.241 e. The molecule has 2 unspecified atom stereocenters. The van der Waals surface area contributed by atoms with Gasteiger partial charge in [0, 0.05) is 4.88 Å². The van der Waals surface area contributed by atoms with E-state index in [4.69, 9.17) is 5.73 Å². The molecule has 0 saturated heterocycles. The minimum Gasteiger partial charge on any atom is -0.348 e. The molecule has 4 heteroatoms. The molecule has 0 fully saturated rings. The summed E-state index contributed by atoms with van der Waals surface area (Å²) in [4.78, 5) is 13.8. The number of hydrogen-bond acceptors (Lipinski definition) is 3. The molecule has 0 spiro atoms. The summed E-state index contributed by atoms with van der Waals surface area (Å²) in [6, 6.07) is 9.47. The molecule has 0 radical (unpaired) electrons. The van der Waals surface area contributed by atoms with Crippen molar-refractivity contribution in [3.8, 4) is 0 Å². The minimum absolute atomic E-state index is 0.0945. The second-order valence-electron chi connectivity index (χ2n) is 5.64. The van der Waals surface area contributed by atoms with E-state index >= 15 is 0 Å². The number of thiophene rings is 1. The van der Waals surface area contributed by atoms with Crippen LogP contribution in [0.5, 0.6) is 0 Å². The quantitative estimate of drug-likeness (QED) is 0.914. The van der Waals surface area contributed by atoms with E-state index in [2.05, 4.69) is 16.8 Å². The minimum atomic E-state index is -0.602. The smallest absolute Gasteiger partial charge is 0.241 e. The fraction of sp³-hybridized carbons (Fsp3) is 0.353. The summed E-state index contributed by atoms with van der Waals surface area (Å²) in [5.41, 5.74) is 9.39. The van der Waals surface area contributed by atoms with Gasteiger partial charge < -0.3 is 11.1 Å². The van der Waals surface area contributed by atoms with Crippen LogP contribution >= 0.6 is 11.3 Å². The Labute approximate surface area is 129 Å². The monoisotopic (exact) mass is 300 g/mol. The Morgan fingerprint density at radius 3 is 2.86 bits per heavy atom. The first-order valence-electron chi connectivity index (χ1n) is 7.34. The van der Waals surface area contributed by atoms with Crippen LogP contribution in [0.1, 0.15) is 46.5 Å². The van der Waals surface area contributed by atoms with E-state index in [9.17, 15) is 4.79 Å². The van der Waals surface area contributed by atoms with Crippen molar-refractivity contribution < 1.29 is 4.79 Å². The number of nitrogens with one attached hydrogen (secondary N) is 1. The summed E-state index contributed by atoms with van der Waals surface area (Å²) >= 11 is 1.78. The first kappa shape index (κ1) is 14.3. The van der Waals surface area contributed by atoms with Gasteiger partial charge in [0.25, 0.3) is 0 Å². The van der Waals surface area contributed by atoms with Gasteiger partial charge in [0.2, 0.25) is 5.91 Å². The van der Waals surface area contributed by atoms with Crippen molar-refractivity contribution in [3.05, 3.63) is 57.3 Å². The summed E-state index contributed by atoms with van der Waals surface area (Å²) < 4.78 is 0. The van der Waals surface area contributed by atoms with Crippen molar-refractivity contribution in [2.45, 2.75) is 38.3 Å². The summed E-state index contributed by atoms with van der Waals surface area (Å²) in [7, 11) is 0. The molecular formula is C17H20N2OS. The van der Waals surface area contributed by atoms with E-state index < -0.39 is 6.04 Å². The molecule has 0 aliphatic heterocycles. The van der Waals surface area contributed by atoms with Crippen LogP contribution in [0.3, 0.4) is 0 Å². The molecule has 3 N–H and O–H groups in total. The van der Waals surface area contributed by atoms with E-state index in [0.717, 1.165) is 24.8 Å². The average Bonchev–Trinajstić information content (AvgIpc) is 2.97. The third-order valence-electron chi connectivity index (χ3n) is 4.09. The lowest BCUT2D eigenvalue weighted by Crippen LogP contribution is -2.37. The molecule has 1 heterocycles. The van der Waals surface area contributed by atoms with Crippen LogP contribution in [0.4, 0.5) is 0 Å². The molecule has 1 aliphatic carbocycles. The van der Waals surface area contributed by atoms with E-state index in [1.54, 1.807) is 11.3 Å². The first-order chi connectivity index (χ1) is 10.1. The molecule has 2 aromatic rings. The van der Waals surface area contributed by atoms with Crippen LogP contribution in [0, 0.1) is 6.92 Å². The summed E-state index contributed by atoms with van der Waals surface area (Å²) in [5, 5.41) is 5.22. The van der Waals surface area contributed by atoms with Crippen molar-refractivity contribution in [2.75, 3.05) is 0 Å². The lowest BCUT2D eigenvalue weighted by atomic mass is 9.93.